The summed E-state index contributed by atoms with van der Waals surface area (Å²) >= 11 is 0. The van der Waals surface area contributed by atoms with Crippen LogP contribution in [-0.4, -0.2) is 11.8 Å². The molecule has 0 spiro atoms. The molecule has 0 bridgehead atoms. The van der Waals surface area contributed by atoms with E-state index >= 15 is 0 Å². The zero-order valence-electron chi connectivity index (χ0n) is 14.5. The molecule has 0 aromatic heterocycles. The highest BCUT2D eigenvalue weighted by atomic mass is 19.1. The molecule has 2 amide bonds. The van der Waals surface area contributed by atoms with Crippen molar-refractivity contribution in [1.29, 1.82) is 0 Å². The van der Waals surface area contributed by atoms with Gasteiger partial charge in [0, 0.05) is 18.2 Å². The van der Waals surface area contributed by atoms with Crippen LogP contribution >= 0.6 is 0 Å². The van der Waals surface area contributed by atoms with Gasteiger partial charge in [-0.05, 0) is 54.6 Å². The van der Waals surface area contributed by atoms with E-state index in [0.717, 1.165) is 0 Å². The van der Waals surface area contributed by atoms with Gasteiger partial charge in [-0.2, -0.15) is 0 Å². The molecule has 5 nitrogen and oxygen atoms in total. The molecule has 0 atom stereocenters. The van der Waals surface area contributed by atoms with E-state index < -0.39 is 11.7 Å². The number of hydrogen-bond donors (Lipinski definition) is 2. The number of nitrogens with one attached hydrogen (secondary N) is 2. The van der Waals surface area contributed by atoms with Gasteiger partial charge >= 0.3 is 0 Å². The first-order chi connectivity index (χ1) is 13.0. The number of ether oxygens (including phenoxy) is 1. The number of carbonyl (C=O) groups is 2. The number of anilines is 2. The molecule has 0 aliphatic carbocycles. The lowest BCUT2D eigenvalue weighted by Gasteiger charge is -2.10. The second-order valence-electron chi connectivity index (χ2n) is 5.77. The zero-order valence-corrected chi connectivity index (χ0v) is 14.5. The summed E-state index contributed by atoms with van der Waals surface area (Å²) in [7, 11) is 0. The van der Waals surface area contributed by atoms with Crippen molar-refractivity contribution < 1.29 is 18.7 Å². The minimum atomic E-state index is -0.596. The fourth-order valence-corrected chi connectivity index (χ4v) is 2.40. The molecule has 0 radical (unpaired) electrons. The van der Waals surface area contributed by atoms with Crippen molar-refractivity contribution in [3.05, 3.63) is 84.2 Å². The van der Waals surface area contributed by atoms with Crippen molar-refractivity contribution in [2.75, 3.05) is 10.6 Å². The van der Waals surface area contributed by atoms with E-state index in [1.165, 1.54) is 25.1 Å². The van der Waals surface area contributed by atoms with Crippen molar-refractivity contribution in [1.82, 2.24) is 0 Å². The van der Waals surface area contributed by atoms with Crippen LogP contribution in [0.5, 0.6) is 11.5 Å². The van der Waals surface area contributed by atoms with Gasteiger partial charge in [-0.25, -0.2) is 4.39 Å². The number of halogens is 1. The van der Waals surface area contributed by atoms with Gasteiger partial charge in [-0.3, -0.25) is 9.59 Å². The lowest BCUT2D eigenvalue weighted by atomic mass is 10.2. The fraction of sp³-hybridized carbons (Fsp3) is 0.0476. The second kappa shape index (κ2) is 8.14. The van der Waals surface area contributed by atoms with Crippen molar-refractivity contribution in [2.45, 2.75) is 6.92 Å². The van der Waals surface area contributed by atoms with Crippen LogP contribution in [0, 0.1) is 5.82 Å². The monoisotopic (exact) mass is 364 g/mol. The van der Waals surface area contributed by atoms with Gasteiger partial charge in [-0.1, -0.05) is 18.2 Å². The Kier molecular flexibility index (Phi) is 5.47. The summed E-state index contributed by atoms with van der Waals surface area (Å²) in [4.78, 5) is 23.5. The summed E-state index contributed by atoms with van der Waals surface area (Å²) in [6.07, 6.45) is 0. The van der Waals surface area contributed by atoms with E-state index in [1.54, 1.807) is 24.3 Å². The highest BCUT2D eigenvalue weighted by Crippen LogP contribution is 2.23. The Morgan fingerprint density at radius 1 is 0.852 bits per heavy atom. The molecule has 0 fully saturated rings. The smallest absolute Gasteiger partial charge is 0.255 e. The lowest BCUT2D eigenvalue weighted by molar-refractivity contribution is -0.114. The molecule has 6 heteroatoms. The molecular formula is C21H17FN2O3. The zero-order chi connectivity index (χ0) is 19.2. The van der Waals surface area contributed by atoms with Gasteiger partial charge in [0.05, 0.1) is 5.69 Å². The summed E-state index contributed by atoms with van der Waals surface area (Å²) < 4.78 is 19.6. The maximum absolute atomic E-state index is 13.9. The van der Waals surface area contributed by atoms with Crippen molar-refractivity contribution in [3.8, 4) is 11.5 Å². The molecule has 3 aromatic rings. The minimum Gasteiger partial charge on any atom is -0.457 e. The van der Waals surface area contributed by atoms with Crippen LogP contribution in [0.15, 0.2) is 72.8 Å². The molecule has 27 heavy (non-hydrogen) atoms. The van der Waals surface area contributed by atoms with E-state index in [2.05, 4.69) is 10.6 Å². The standard InChI is InChI=1S/C21H17FN2O3/c1-14(25)23-16-9-12-19(22)20(13-16)24-21(26)15-7-10-18(11-8-15)27-17-5-3-2-4-6-17/h2-13H,1H3,(H,23,25)(H,24,26). The predicted molar refractivity (Wildman–Crippen MR) is 102 cm³/mol. The van der Waals surface area contributed by atoms with Gasteiger partial charge < -0.3 is 15.4 Å². The highest BCUT2D eigenvalue weighted by Gasteiger charge is 2.11. The number of rotatable bonds is 5. The second-order valence-corrected chi connectivity index (χ2v) is 5.77. The topological polar surface area (TPSA) is 67.4 Å². The van der Waals surface area contributed by atoms with Gasteiger partial charge in [0.25, 0.3) is 5.91 Å². The third-order valence-corrected chi connectivity index (χ3v) is 3.63. The van der Waals surface area contributed by atoms with Crippen LogP contribution in [0.3, 0.4) is 0 Å². The lowest BCUT2D eigenvalue weighted by Crippen LogP contribution is -2.13. The molecule has 0 unspecified atom stereocenters. The molecule has 0 aliphatic rings. The Balaban J connectivity index is 1.70. The third kappa shape index (κ3) is 4.92. The number of hydrogen-bond acceptors (Lipinski definition) is 3. The van der Waals surface area contributed by atoms with Crippen LogP contribution < -0.4 is 15.4 Å². The molecule has 3 aromatic carbocycles. The molecule has 3 rings (SSSR count). The quantitative estimate of drug-likeness (QED) is 0.681. The van der Waals surface area contributed by atoms with Gasteiger partial charge in [0.1, 0.15) is 17.3 Å². The van der Waals surface area contributed by atoms with E-state index in [9.17, 15) is 14.0 Å². The highest BCUT2D eigenvalue weighted by molar-refractivity contribution is 6.04. The molecular weight excluding hydrogens is 347 g/mol. The van der Waals surface area contributed by atoms with Crippen molar-refractivity contribution in [3.63, 3.8) is 0 Å². The average molecular weight is 364 g/mol. The Bertz CT molecular complexity index is 957. The molecule has 0 saturated carbocycles. The molecule has 0 aliphatic heterocycles. The number of benzene rings is 3. The predicted octanol–water partition coefficient (Wildman–Crippen LogP) is 4.83. The normalized spacial score (nSPS) is 10.1. The molecule has 0 saturated heterocycles. The van der Waals surface area contributed by atoms with Gasteiger partial charge in [0.2, 0.25) is 5.91 Å². The van der Waals surface area contributed by atoms with Gasteiger partial charge in [0.15, 0.2) is 0 Å². The first-order valence-corrected chi connectivity index (χ1v) is 8.23. The summed E-state index contributed by atoms with van der Waals surface area (Å²) in [6, 6.07) is 19.7. The number of amides is 2. The van der Waals surface area contributed by atoms with Crippen molar-refractivity contribution in [2.24, 2.45) is 0 Å². The Labute approximate surface area is 155 Å². The maximum atomic E-state index is 13.9. The van der Waals surface area contributed by atoms with E-state index in [4.69, 9.17) is 4.74 Å². The largest absolute Gasteiger partial charge is 0.457 e. The summed E-state index contributed by atoms with van der Waals surface area (Å²) in [5.74, 6) is -0.0855. The van der Waals surface area contributed by atoms with Crippen LogP contribution in [0.4, 0.5) is 15.8 Å². The van der Waals surface area contributed by atoms with Crippen LogP contribution in [-0.2, 0) is 4.79 Å². The third-order valence-electron chi connectivity index (χ3n) is 3.63. The van der Waals surface area contributed by atoms with E-state index in [0.29, 0.717) is 22.7 Å². The molecule has 2 N–H and O–H groups in total. The SMILES string of the molecule is CC(=O)Nc1ccc(F)c(NC(=O)c2ccc(Oc3ccccc3)cc2)c1. The van der Waals surface area contributed by atoms with E-state index in [-0.39, 0.29) is 11.6 Å². The Morgan fingerprint density at radius 2 is 1.52 bits per heavy atom. The Hall–Kier alpha value is -3.67. The fourth-order valence-electron chi connectivity index (χ4n) is 2.40. The summed E-state index contributed by atoms with van der Waals surface area (Å²) in [6.45, 7) is 1.35. The van der Waals surface area contributed by atoms with Gasteiger partial charge in [-0.15, -0.1) is 0 Å². The van der Waals surface area contributed by atoms with Crippen LogP contribution in [0.2, 0.25) is 0 Å². The Morgan fingerprint density at radius 3 is 2.19 bits per heavy atom. The molecule has 136 valence electrons. The maximum Gasteiger partial charge on any atom is 0.255 e. The van der Waals surface area contributed by atoms with E-state index in [1.807, 2.05) is 30.3 Å². The summed E-state index contributed by atoms with van der Waals surface area (Å²) in [5.41, 5.74) is 0.724. The van der Waals surface area contributed by atoms with Crippen molar-refractivity contribution >= 4 is 23.2 Å². The molecule has 0 heterocycles. The number of carbonyl (C=O) groups excluding carboxylic acids is 2. The van der Waals surface area contributed by atoms with Crippen LogP contribution in [0.1, 0.15) is 17.3 Å². The first kappa shape index (κ1) is 18.1. The average Bonchev–Trinajstić information content (AvgIpc) is 2.65. The van der Waals surface area contributed by atoms with Crippen LogP contribution in [0.25, 0.3) is 0 Å². The minimum absolute atomic E-state index is 0.0177. The number of para-hydroxylation sites is 1. The first-order valence-electron chi connectivity index (χ1n) is 8.23. The summed E-state index contributed by atoms with van der Waals surface area (Å²) in [5, 5.41) is 5.05.